The minimum Gasteiger partial charge on any atom is -0.375 e. The van der Waals surface area contributed by atoms with Crippen LogP contribution in [0.1, 0.15) is 39.5 Å². The summed E-state index contributed by atoms with van der Waals surface area (Å²) in [7, 11) is 4.37. The number of likely N-dealkylation sites (tertiary alicyclic amines) is 1. The van der Waals surface area contributed by atoms with Gasteiger partial charge in [-0.2, -0.15) is 0 Å². The summed E-state index contributed by atoms with van der Waals surface area (Å²) >= 11 is 0. The lowest BCUT2D eigenvalue weighted by atomic mass is 9.78. The Labute approximate surface area is 118 Å². The maximum atomic E-state index is 6.20. The highest BCUT2D eigenvalue weighted by molar-refractivity contribution is 5.03. The highest BCUT2D eigenvalue weighted by atomic mass is 16.5. The second-order valence-electron chi connectivity index (χ2n) is 6.86. The quantitative estimate of drug-likeness (QED) is 0.835. The Bertz CT molecular complexity index is 310. The molecule has 4 heteroatoms. The summed E-state index contributed by atoms with van der Waals surface area (Å²) in [5.41, 5.74) is 6.37. The van der Waals surface area contributed by atoms with Crippen molar-refractivity contribution in [2.45, 2.75) is 56.7 Å². The number of ether oxygens (including phenoxy) is 1. The molecule has 0 aliphatic carbocycles. The maximum Gasteiger partial charge on any atom is 0.0670 e. The van der Waals surface area contributed by atoms with Crippen molar-refractivity contribution in [2.75, 3.05) is 40.3 Å². The monoisotopic (exact) mass is 269 g/mol. The molecule has 0 spiro atoms. The Balaban J connectivity index is 2.10. The first-order valence-corrected chi connectivity index (χ1v) is 7.70. The van der Waals surface area contributed by atoms with Crippen LogP contribution in [0.5, 0.6) is 0 Å². The second-order valence-corrected chi connectivity index (χ2v) is 6.86. The molecular weight excluding hydrogens is 238 g/mol. The minimum absolute atomic E-state index is 0.00776. The highest BCUT2D eigenvalue weighted by Crippen LogP contribution is 2.39. The summed E-state index contributed by atoms with van der Waals surface area (Å²) in [6.07, 6.45) is 4.49. The van der Waals surface area contributed by atoms with Gasteiger partial charge in [-0.25, -0.2) is 0 Å². The predicted octanol–water partition coefficient (Wildman–Crippen LogP) is 1.30. The third kappa shape index (κ3) is 2.97. The van der Waals surface area contributed by atoms with E-state index in [1.165, 1.54) is 13.0 Å². The van der Waals surface area contributed by atoms with Crippen LogP contribution in [0.25, 0.3) is 0 Å². The predicted molar refractivity (Wildman–Crippen MR) is 79.3 cm³/mol. The zero-order valence-electron chi connectivity index (χ0n) is 13.1. The van der Waals surface area contributed by atoms with Crippen molar-refractivity contribution in [1.29, 1.82) is 0 Å². The fourth-order valence-electron chi connectivity index (χ4n) is 3.72. The Morgan fingerprint density at radius 3 is 2.68 bits per heavy atom. The van der Waals surface area contributed by atoms with E-state index in [0.717, 1.165) is 39.0 Å². The molecule has 2 aliphatic rings. The van der Waals surface area contributed by atoms with Gasteiger partial charge in [-0.05, 0) is 46.7 Å². The third-order valence-electron chi connectivity index (χ3n) is 5.41. The fourth-order valence-corrected chi connectivity index (χ4v) is 3.72. The Morgan fingerprint density at radius 1 is 1.42 bits per heavy atom. The second kappa shape index (κ2) is 5.68. The van der Waals surface area contributed by atoms with E-state index in [-0.39, 0.29) is 11.1 Å². The number of hydrogen-bond donors (Lipinski definition) is 1. The van der Waals surface area contributed by atoms with E-state index in [0.29, 0.717) is 6.04 Å². The van der Waals surface area contributed by atoms with Gasteiger partial charge in [0.1, 0.15) is 0 Å². The van der Waals surface area contributed by atoms with Crippen LogP contribution in [0.2, 0.25) is 0 Å². The molecule has 0 amide bonds. The first kappa shape index (κ1) is 15.2. The lowest BCUT2D eigenvalue weighted by Gasteiger charge is -2.50. The Hall–Kier alpha value is -0.160. The average molecular weight is 269 g/mol. The van der Waals surface area contributed by atoms with Crippen molar-refractivity contribution in [3.63, 3.8) is 0 Å². The molecule has 0 aromatic carbocycles. The molecule has 0 saturated carbocycles. The van der Waals surface area contributed by atoms with Gasteiger partial charge < -0.3 is 15.4 Å². The van der Waals surface area contributed by atoms with Gasteiger partial charge in [0.15, 0.2) is 0 Å². The summed E-state index contributed by atoms with van der Waals surface area (Å²) in [6.45, 7) is 8.41. The zero-order valence-corrected chi connectivity index (χ0v) is 13.1. The van der Waals surface area contributed by atoms with Crippen LogP contribution in [0.15, 0.2) is 0 Å². The van der Waals surface area contributed by atoms with Gasteiger partial charge >= 0.3 is 0 Å². The number of rotatable bonds is 4. The molecule has 0 bridgehead atoms. The fraction of sp³-hybridized carbons (Fsp3) is 1.00. The van der Waals surface area contributed by atoms with Crippen LogP contribution in [0.4, 0.5) is 0 Å². The molecule has 2 saturated heterocycles. The maximum absolute atomic E-state index is 6.20. The van der Waals surface area contributed by atoms with Crippen LogP contribution in [-0.4, -0.2) is 67.3 Å². The largest absolute Gasteiger partial charge is 0.375 e. The van der Waals surface area contributed by atoms with Crippen molar-refractivity contribution in [2.24, 2.45) is 5.73 Å². The lowest BCUT2D eigenvalue weighted by molar-refractivity contribution is -0.126. The zero-order chi connectivity index (χ0) is 14.1. The van der Waals surface area contributed by atoms with Crippen LogP contribution in [0.3, 0.4) is 0 Å². The van der Waals surface area contributed by atoms with Crippen molar-refractivity contribution in [3.05, 3.63) is 0 Å². The summed E-state index contributed by atoms with van der Waals surface area (Å²) in [5, 5.41) is 0. The molecule has 2 N–H and O–H groups in total. The van der Waals surface area contributed by atoms with E-state index in [4.69, 9.17) is 10.5 Å². The van der Waals surface area contributed by atoms with Gasteiger partial charge in [-0.3, -0.25) is 4.90 Å². The topological polar surface area (TPSA) is 41.7 Å². The van der Waals surface area contributed by atoms with Crippen molar-refractivity contribution in [1.82, 2.24) is 9.80 Å². The minimum atomic E-state index is 0.00776. The smallest absolute Gasteiger partial charge is 0.0670 e. The standard InChI is InChI=1S/C15H31N3O/c1-5-14(2)11-15(12-16,7-9-19-14)18-8-6-13(10-18)17(3)4/h13H,5-12,16H2,1-4H3. The number of hydrogen-bond acceptors (Lipinski definition) is 4. The Morgan fingerprint density at radius 2 is 2.16 bits per heavy atom. The normalized spacial score (nSPS) is 41.1. The molecule has 2 fully saturated rings. The molecule has 2 heterocycles. The van der Waals surface area contributed by atoms with Crippen LogP contribution in [0, 0.1) is 0 Å². The van der Waals surface area contributed by atoms with Crippen LogP contribution < -0.4 is 5.73 Å². The molecule has 19 heavy (non-hydrogen) atoms. The molecule has 0 radical (unpaired) electrons. The van der Waals surface area contributed by atoms with Crippen LogP contribution >= 0.6 is 0 Å². The highest BCUT2D eigenvalue weighted by Gasteiger charge is 2.47. The van der Waals surface area contributed by atoms with E-state index >= 15 is 0 Å². The SMILES string of the molecule is CCC1(C)CC(CN)(N2CCC(N(C)C)C2)CCO1. The summed E-state index contributed by atoms with van der Waals surface area (Å²) in [4.78, 5) is 5.00. The van der Waals surface area contributed by atoms with Gasteiger partial charge in [0.25, 0.3) is 0 Å². The van der Waals surface area contributed by atoms with Gasteiger partial charge in [0.05, 0.1) is 5.60 Å². The van der Waals surface area contributed by atoms with E-state index in [1.54, 1.807) is 0 Å². The molecule has 3 atom stereocenters. The molecule has 0 aromatic rings. The first-order chi connectivity index (χ1) is 8.95. The van der Waals surface area contributed by atoms with Gasteiger partial charge in [-0.15, -0.1) is 0 Å². The Kier molecular flexibility index (Phi) is 4.56. The molecule has 112 valence electrons. The van der Waals surface area contributed by atoms with Crippen molar-refractivity contribution < 1.29 is 4.74 Å². The molecular formula is C15H31N3O. The molecule has 0 aromatic heterocycles. The number of likely N-dealkylation sites (N-methyl/N-ethyl adjacent to an activating group) is 1. The summed E-state index contributed by atoms with van der Waals surface area (Å²) < 4.78 is 6.01. The number of nitrogens with zero attached hydrogens (tertiary/aromatic N) is 2. The van der Waals surface area contributed by atoms with E-state index in [9.17, 15) is 0 Å². The van der Waals surface area contributed by atoms with Gasteiger partial charge in [0, 0.05) is 37.8 Å². The number of nitrogens with two attached hydrogens (primary N) is 1. The lowest BCUT2D eigenvalue weighted by Crippen LogP contribution is -2.60. The molecule has 3 unspecified atom stereocenters. The van der Waals surface area contributed by atoms with Gasteiger partial charge in [0.2, 0.25) is 0 Å². The van der Waals surface area contributed by atoms with E-state index in [2.05, 4.69) is 37.7 Å². The van der Waals surface area contributed by atoms with Crippen LogP contribution in [-0.2, 0) is 4.74 Å². The average Bonchev–Trinajstić information content (AvgIpc) is 2.89. The van der Waals surface area contributed by atoms with Crippen molar-refractivity contribution in [3.8, 4) is 0 Å². The van der Waals surface area contributed by atoms with Gasteiger partial charge in [-0.1, -0.05) is 6.92 Å². The molecule has 2 rings (SSSR count). The summed E-state index contributed by atoms with van der Waals surface area (Å²) in [6, 6.07) is 0.680. The molecule has 4 nitrogen and oxygen atoms in total. The van der Waals surface area contributed by atoms with E-state index < -0.39 is 0 Å². The molecule has 2 aliphatic heterocycles. The first-order valence-electron chi connectivity index (χ1n) is 7.70. The third-order valence-corrected chi connectivity index (χ3v) is 5.41. The summed E-state index contributed by atoms with van der Waals surface area (Å²) in [5.74, 6) is 0. The van der Waals surface area contributed by atoms with Crippen molar-refractivity contribution >= 4 is 0 Å². The van der Waals surface area contributed by atoms with E-state index in [1.807, 2.05) is 0 Å².